The van der Waals surface area contributed by atoms with E-state index < -0.39 is 0 Å². The molecular weight excluding hydrogens is 244 g/mol. The summed E-state index contributed by atoms with van der Waals surface area (Å²) in [6.07, 6.45) is 6.86. The van der Waals surface area contributed by atoms with Crippen molar-refractivity contribution in [2.75, 3.05) is 27.2 Å². The van der Waals surface area contributed by atoms with Gasteiger partial charge in [0.25, 0.3) is 0 Å². The summed E-state index contributed by atoms with van der Waals surface area (Å²) < 4.78 is 0. The minimum absolute atomic E-state index is 0.364. The van der Waals surface area contributed by atoms with Gasteiger partial charge in [0.05, 0.1) is 0 Å². The van der Waals surface area contributed by atoms with Crippen LogP contribution in [-0.4, -0.2) is 38.1 Å². The standard InChI is InChI=1S/C18H38N2/c1-8-18(4,5)15-9-11-16(12-10-15)19-13-17(2,3)14-20(6)7/h15-16,19H,8-14H2,1-7H3. The van der Waals surface area contributed by atoms with Gasteiger partial charge in [0.15, 0.2) is 0 Å². The highest BCUT2D eigenvalue weighted by atomic mass is 15.1. The molecule has 1 fully saturated rings. The van der Waals surface area contributed by atoms with Crippen LogP contribution < -0.4 is 5.32 Å². The first kappa shape index (κ1) is 18.0. The fourth-order valence-electron chi connectivity index (χ4n) is 3.70. The van der Waals surface area contributed by atoms with Crippen molar-refractivity contribution >= 4 is 0 Å². The Morgan fingerprint density at radius 2 is 1.55 bits per heavy atom. The second-order valence-corrected chi connectivity index (χ2v) is 8.67. The molecule has 0 aromatic carbocycles. The van der Waals surface area contributed by atoms with Crippen molar-refractivity contribution in [2.45, 2.75) is 72.8 Å². The number of hydrogen-bond donors (Lipinski definition) is 1. The van der Waals surface area contributed by atoms with E-state index in [1.807, 2.05) is 0 Å². The summed E-state index contributed by atoms with van der Waals surface area (Å²) in [5.74, 6) is 0.931. The molecule has 0 amide bonds. The molecule has 0 aliphatic heterocycles. The molecule has 0 radical (unpaired) electrons. The summed E-state index contributed by atoms with van der Waals surface area (Å²) in [5, 5.41) is 3.83. The first-order valence-corrected chi connectivity index (χ1v) is 8.54. The molecule has 0 saturated heterocycles. The van der Waals surface area contributed by atoms with Crippen LogP contribution in [-0.2, 0) is 0 Å². The Kier molecular flexibility index (Phi) is 6.53. The Labute approximate surface area is 127 Å². The van der Waals surface area contributed by atoms with Crippen LogP contribution in [0.1, 0.15) is 66.7 Å². The van der Waals surface area contributed by atoms with E-state index in [0.717, 1.165) is 25.0 Å². The van der Waals surface area contributed by atoms with Gasteiger partial charge in [0.1, 0.15) is 0 Å². The number of nitrogens with one attached hydrogen (secondary N) is 1. The van der Waals surface area contributed by atoms with Crippen molar-refractivity contribution < 1.29 is 0 Å². The lowest BCUT2D eigenvalue weighted by molar-refractivity contribution is 0.131. The van der Waals surface area contributed by atoms with Crippen molar-refractivity contribution in [3.63, 3.8) is 0 Å². The lowest BCUT2D eigenvalue weighted by Crippen LogP contribution is -2.43. The molecule has 0 aromatic heterocycles. The average molecular weight is 283 g/mol. The molecule has 0 atom stereocenters. The van der Waals surface area contributed by atoms with Gasteiger partial charge in [-0.1, -0.05) is 41.0 Å². The fraction of sp³-hybridized carbons (Fsp3) is 1.00. The lowest BCUT2D eigenvalue weighted by Gasteiger charge is -2.40. The van der Waals surface area contributed by atoms with E-state index in [1.165, 1.54) is 32.1 Å². The minimum Gasteiger partial charge on any atom is -0.313 e. The predicted octanol–water partition coefficient (Wildman–Crippen LogP) is 4.16. The maximum atomic E-state index is 3.83. The Morgan fingerprint density at radius 3 is 2.00 bits per heavy atom. The van der Waals surface area contributed by atoms with Crippen molar-refractivity contribution in [3.8, 4) is 0 Å². The molecule has 0 aromatic rings. The molecule has 1 aliphatic carbocycles. The van der Waals surface area contributed by atoms with Crippen LogP contribution in [0, 0.1) is 16.7 Å². The number of nitrogens with zero attached hydrogens (tertiary/aromatic N) is 1. The van der Waals surface area contributed by atoms with E-state index in [2.05, 4.69) is 58.9 Å². The maximum absolute atomic E-state index is 3.83. The molecule has 0 spiro atoms. The van der Waals surface area contributed by atoms with Crippen LogP contribution in [0.4, 0.5) is 0 Å². The predicted molar refractivity (Wildman–Crippen MR) is 90.2 cm³/mol. The highest BCUT2D eigenvalue weighted by Gasteiger charge is 2.32. The normalized spacial score (nSPS) is 25.2. The smallest absolute Gasteiger partial charge is 0.00675 e. The molecule has 2 heteroatoms. The van der Waals surface area contributed by atoms with Crippen molar-refractivity contribution in [1.82, 2.24) is 10.2 Å². The summed E-state index contributed by atoms with van der Waals surface area (Å²) in [4.78, 5) is 2.29. The van der Waals surface area contributed by atoms with Crippen LogP contribution in [0.15, 0.2) is 0 Å². The molecule has 120 valence electrons. The quantitative estimate of drug-likeness (QED) is 0.754. The highest BCUT2D eigenvalue weighted by molar-refractivity contribution is 4.86. The minimum atomic E-state index is 0.364. The topological polar surface area (TPSA) is 15.3 Å². The Bertz CT molecular complexity index is 273. The van der Waals surface area contributed by atoms with Gasteiger partial charge in [0, 0.05) is 19.1 Å². The van der Waals surface area contributed by atoms with E-state index in [0.29, 0.717) is 10.8 Å². The molecule has 2 nitrogen and oxygen atoms in total. The van der Waals surface area contributed by atoms with E-state index in [-0.39, 0.29) is 0 Å². The summed E-state index contributed by atoms with van der Waals surface area (Å²) >= 11 is 0. The Hall–Kier alpha value is -0.0800. The first-order chi connectivity index (χ1) is 9.16. The summed E-state index contributed by atoms with van der Waals surface area (Å²) in [6.45, 7) is 14.3. The zero-order valence-corrected chi connectivity index (χ0v) is 15.1. The van der Waals surface area contributed by atoms with Gasteiger partial charge in [0.2, 0.25) is 0 Å². The van der Waals surface area contributed by atoms with Crippen LogP contribution in [0.3, 0.4) is 0 Å². The first-order valence-electron chi connectivity index (χ1n) is 8.54. The summed E-state index contributed by atoms with van der Waals surface area (Å²) in [5.41, 5.74) is 0.901. The second-order valence-electron chi connectivity index (χ2n) is 8.67. The Balaban J connectivity index is 2.33. The van der Waals surface area contributed by atoms with Gasteiger partial charge in [-0.25, -0.2) is 0 Å². The van der Waals surface area contributed by atoms with Gasteiger partial charge < -0.3 is 10.2 Å². The molecule has 0 heterocycles. The maximum Gasteiger partial charge on any atom is 0.00675 e. The number of hydrogen-bond acceptors (Lipinski definition) is 2. The van der Waals surface area contributed by atoms with Gasteiger partial charge in [-0.3, -0.25) is 0 Å². The monoisotopic (exact) mass is 282 g/mol. The molecule has 0 unspecified atom stereocenters. The third-order valence-corrected chi connectivity index (χ3v) is 5.36. The van der Waals surface area contributed by atoms with Crippen LogP contribution in [0.2, 0.25) is 0 Å². The zero-order chi connectivity index (χ0) is 15.4. The molecular formula is C18H38N2. The van der Waals surface area contributed by atoms with Crippen LogP contribution in [0.25, 0.3) is 0 Å². The SMILES string of the molecule is CCC(C)(C)C1CCC(NCC(C)(C)CN(C)C)CC1. The second kappa shape index (κ2) is 7.26. The third-order valence-electron chi connectivity index (χ3n) is 5.36. The summed E-state index contributed by atoms with van der Waals surface area (Å²) in [7, 11) is 4.33. The molecule has 1 saturated carbocycles. The largest absolute Gasteiger partial charge is 0.313 e. The van der Waals surface area contributed by atoms with Crippen molar-refractivity contribution in [3.05, 3.63) is 0 Å². The van der Waals surface area contributed by atoms with Gasteiger partial charge in [-0.15, -0.1) is 0 Å². The van der Waals surface area contributed by atoms with Crippen LogP contribution in [0.5, 0.6) is 0 Å². The fourth-order valence-corrected chi connectivity index (χ4v) is 3.70. The molecule has 1 N–H and O–H groups in total. The highest BCUT2D eigenvalue weighted by Crippen LogP contribution is 2.40. The third kappa shape index (κ3) is 5.73. The zero-order valence-electron chi connectivity index (χ0n) is 15.1. The van der Waals surface area contributed by atoms with Gasteiger partial charge >= 0.3 is 0 Å². The van der Waals surface area contributed by atoms with E-state index in [9.17, 15) is 0 Å². The lowest BCUT2D eigenvalue weighted by atomic mass is 9.69. The van der Waals surface area contributed by atoms with E-state index >= 15 is 0 Å². The van der Waals surface area contributed by atoms with Gasteiger partial charge in [-0.05, 0) is 56.5 Å². The van der Waals surface area contributed by atoms with Gasteiger partial charge in [-0.2, -0.15) is 0 Å². The van der Waals surface area contributed by atoms with Crippen molar-refractivity contribution in [1.29, 1.82) is 0 Å². The molecule has 1 rings (SSSR count). The van der Waals surface area contributed by atoms with E-state index in [1.54, 1.807) is 0 Å². The Morgan fingerprint density at radius 1 is 1.00 bits per heavy atom. The molecule has 0 bridgehead atoms. The van der Waals surface area contributed by atoms with E-state index in [4.69, 9.17) is 0 Å². The number of rotatable bonds is 7. The van der Waals surface area contributed by atoms with Crippen LogP contribution >= 0.6 is 0 Å². The summed E-state index contributed by atoms with van der Waals surface area (Å²) in [6, 6.07) is 0.750. The molecule has 20 heavy (non-hydrogen) atoms. The molecule has 1 aliphatic rings. The van der Waals surface area contributed by atoms with Crippen molar-refractivity contribution in [2.24, 2.45) is 16.7 Å². The average Bonchev–Trinajstić information content (AvgIpc) is 2.35.